The Balaban J connectivity index is 1.84. The summed E-state index contributed by atoms with van der Waals surface area (Å²) in [5, 5.41) is 2.78. The van der Waals surface area contributed by atoms with Crippen LogP contribution < -0.4 is 10.1 Å². The Morgan fingerprint density at radius 1 is 1.11 bits per heavy atom. The number of carbonyl (C=O) groups excluding carboxylic acids is 2. The topological polar surface area (TPSA) is 83.1 Å². The summed E-state index contributed by atoms with van der Waals surface area (Å²) in [5.41, 5.74) is 1.96. The molecule has 2 aromatic rings. The lowest BCUT2D eigenvalue weighted by atomic mass is 10.1. The van der Waals surface area contributed by atoms with E-state index in [1.165, 1.54) is 13.4 Å². The smallest absolute Gasteiger partial charge is 0.378 e. The molecule has 28 heavy (non-hydrogen) atoms. The van der Waals surface area contributed by atoms with Gasteiger partial charge in [0.2, 0.25) is 11.9 Å². The predicted molar refractivity (Wildman–Crippen MR) is 102 cm³/mol. The fourth-order valence-corrected chi connectivity index (χ4v) is 2.66. The van der Waals surface area contributed by atoms with Crippen LogP contribution in [0.25, 0.3) is 0 Å². The molecule has 1 atom stereocenters. The Morgan fingerprint density at radius 3 is 2.57 bits per heavy atom. The van der Waals surface area contributed by atoms with Crippen molar-refractivity contribution >= 4 is 17.6 Å². The molecule has 0 radical (unpaired) electrons. The van der Waals surface area contributed by atoms with Crippen molar-refractivity contribution in [1.29, 1.82) is 0 Å². The van der Waals surface area contributed by atoms with Crippen LogP contribution in [-0.4, -0.2) is 32.2 Å². The second-order valence-corrected chi connectivity index (χ2v) is 6.09. The molecule has 0 saturated heterocycles. The average Bonchev–Trinajstić information content (AvgIpc) is 2.73. The molecule has 0 aliphatic carbocycles. The molecule has 0 unspecified atom stereocenters. The first-order valence-electron chi connectivity index (χ1n) is 8.74. The number of amides is 1. The lowest BCUT2D eigenvalue weighted by Gasteiger charge is -2.21. The number of ether oxygens (including phenoxy) is 4. The van der Waals surface area contributed by atoms with E-state index in [0.29, 0.717) is 23.6 Å². The van der Waals surface area contributed by atoms with Gasteiger partial charge in [0.1, 0.15) is 25.2 Å². The first-order valence-corrected chi connectivity index (χ1v) is 8.74. The molecular formula is C21H21NO6. The third-order valence-corrected chi connectivity index (χ3v) is 4.03. The SMILES string of the molecule is COc1ccc(C)cc1NC(=O)[C@@H](OC(=O)C1=COCCO1)c1ccccc1. The largest absolute Gasteiger partial charge is 0.495 e. The molecule has 0 spiro atoms. The number of aryl methyl sites for hydroxylation is 1. The molecule has 1 aliphatic heterocycles. The molecule has 7 nitrogen and oxygen atoms in total. The predicted octanol–water partition coefficient (Wildman–Crippen LogP) is 3.11. The van der Waals surface area contributed by atoms with E-state index >= 15 is 0 Å². The Labute approximate surface area is 162 Å². The Hall–Kier alpha value is -3.48. The maximum absolute atomic E-state index is 13.0. The summed E-state index contributed by atoms with van der Waals surface area (Å²) in [5.74, 6) is -0.863. The molecule has 0 fully saturated rings. The maximum Gasteiger partial charge on any atom is 0.378 e. The van der Waals surface area contributed by atoms with Crippen LogP contribution in [0.5, 0.6) is 5.75 Å². The van der Waals surface area contributed by atoms with Gasteiger partial charge in [-0.3, -0.25) is 4.79 Å². The molecule has 1 heterocycles. The summed E-state index contributed by atoms with van der Waals surface area (Å²) in [7, 11) is 1.52. The highest BCUT2D eigenvalue weighted by Crippen LogP contribution is 2.28. The standard InChI is InChI=1S/C21H21NO6/c1-14-8-9-17(25-2)16(12-14)22-20(23)19(15-6-4-3-5-7-15)28-21(24)18-13-26-10-11-27-18/h3-9,12-13,19H,10-11H2,1-2H3,(H,22,23)/t19-/m0/s1. The van der Waals surface area contributed by atoms with E-state index in [9.17, 15) is 9.59 Å². The molecule has 1 aliphatic rings. The van der Waals surface area contributed by atoms with Crippen LogP contribution in [0.4, 0.5) is 5.69 Å². The van der Waals surface area contributed by atoms with Gasteiger partial charge in [-0.05, 0) is 24.6 Å². The molecule has 0 bridgehead atoms. The number of hydrogen-bond donors (Lipinski definition) is 1. The molecule has 3 rings (SSSR count). The normalized spacial score (nSPS) is 14.0. The van der Waals surface area contributed by atoms with E-state index in [-0.39, 0.29) is 12.4 Å². The summed E-state index contributed by atoms with van der Waals surface area (Å²) in [4.78, 5) is 25.4. The Morgan fingerprint density at radius 2 is 1.89 bits per heavy atom. The quantitative estimate of drug-likeness (QED) is 0.772. The summed E-state index contributed by atoms with van der Waals surface area (Å²) >= 11 is 0. The van der Waals surface area contributed by atoms with Gasteiger partial charge in [-0.1, -0.05) is 36.4 Å². The number of hydrogen-bond acceptors (Lipinski definition) is 6. The zero-order valence-electron chi connectivity index (χ0n) is 15.6. The molecule has 146 valence electrons. The number of anilines is 1. The highest BCUT2D eigenvalue weighted by atomic mass is 16.6. The number of methoxy groups -OCH3 is 1. The van der Waals surface area contributed by atoms with Gasteiger partial charge in [0.15, 0.2) is 0 Å². The minimum atomic E-state index is -1.18. The van der Waals surface area contributed by atoms with Crippen LogP contribution in [0.2, 0.25) is 0 Å². The number of rotatable bonds is 6. The molecular weight excluding hydrogens is 362 g/mol. The van der Waals surface area contributed by atoms with Crippen molar-refractivity contribution in [2.45, 2.75) is 13.0 Å². The lowest BCUT2D eigenvalue weighted by Crippen LogP contribution is -2.28. The number of esters is 1. The number of nitrogens with one attached hydrogen (secondary N) is 1. The third-order valence-electron chi connectivity index (χ3n) is 4.03. The van der Waals surface area contributed by atoms with E-state index in [0.717, 1.165) is 5.56 Å². The monoisotopic (exact) mass is 383 g/mol. The maximum atomic E-state index is 13.0. The summed E-state index contributed by atoms with van der Waals surface area (Å²) < 4.78 is 21.1. The van der Waals surface area contributed by atoms with Crippen molar-refractivity contribution in [3.8, 4) is 5.75 Å². The highest BCUT2D eigenvalue weighted by Gasteiger charge is 2.29. The Bertz CT molecular complexity index is 878. The fourth-order valence-electron chi connectivity index (χ4n) is 2.66. The minimum Gasteiger partial charge on any atom is -0.495 e. The van der Waals surface area contributed by atoms with Gasteiger partial charge in [0, 0.05) is 5.56 Å². The van der Waals surface area contributed by atoms with Crippen LogP contribution in [0, 0.1) is 6.92 Å². The van der Waals surface area contributed by atoms with Crippen LogP contribution >= 0.6 is 0 Å². The van der Waals surface area contributed by atoms with Crippen molar-refractivity contribution in [1.82, 2.24) is 0 Å². The van der Waals surface area contributed by atoms with Crippen molar-refractivity contribution in [2.24, 2.45) is 0 Å². The summed E-state index contributed by atoms with van der Waals surface area (Å²) in [6.45, 7) is 2.49. The fraction of sp³-hybridized carbons (Fsp3) is 0.238. The lowest BCUT2D eigenvalue weighted by molar-refractivity contribution is -0.155. The van der Waals surface area contributed by atoms with E-state index in [2.05, 4.69) is 5.32 Å². The van der Waals surface area contributed by atoms with Gasteiger partial charge in [0.05, 0.1) is 12.8 Å². The molecule has 7 heteroatoms. The van der Waals surface area contributed by atoms with Gasteiger partial charge >= 0.3 is 5.97 Å². The summed E-state index contributed by atoms with van der Waals surface area (Å²) in [6.07, 6.45) is 0.0142. The van der Waals surface area contributed by atoms with Gasteiger partial charge < -0.3 is 24.3 Å². The van der Waals surface area contributed by atoms with Crippen LogP contribution in [0.15, 0.2) is 60.6 Å². The van der Waals surface area contributed by atoms with E-state index in [1.807, 2.05) is 19.1 Å². The summed E-state index contributed by atoms with van der Waals surface area (Å²) in [6, 6.07) is 14.1. The van der Waals surface area contributed by atoms with E-state index < -0.39 is 18.0 Å². The second kappa shape index (κ2) is 8.94. The number of benzene rings is 2. The van der Waals surface area contributed by atoms with E-state index in [1.54, 1.807) is 36.4 Å². The van der Waals surface area contributed by atoms with Gasteiger partial charge in [0.25, 0.3) is 5.91 Å². The average molecular weight is 383 g/mol. The zero-order chi connectivity index (χ0) is 19.9. The highest BCUT2D eigenvalue weighted by molar-refractivity contribution is 5.98. The van der Waals surface area contributed by atoms with Crippen molar-refractivity contribution in [3.05, 3.63) is 71.7 Å². The van der Waals surface area contributed by atoms with E-state index in [4.69, 9.17) is 18.9 Å². The van der Waals surface area contributed by atoms with Crippen LogP contribution in [-0.2, 0) is 23.8 Å². The first-order chi connectivity index (χ1) is 13.6. The molecule has 1 N–H and O–H groups in total. The van der Waals surface area contributed by atoms with Crippen LogP contribution in [0.3, 0.4) is 0 Å². The first kappa shape index (κ1) is 19.3. The van der Waals surface area contributed by atoms with Crippen molar-refractivity contribution < 1.29 is 28.5 Å². The molecule has 1 amide bonds. The van der Waals surface area contributed by atoms with Gasteiger partial charge in [-0.2, -0.15) is 0 Å². The van der Waals surface area contributed by atoms with Crippen molar-refractivity contribution in [2.75, 3.05) is 25.6 Å². The van der Waals surface area contributed by atoms with Gasteiger partial charge in [-0.25, -0.2) is 4.79 Å². The molecule has 2 aromatic carbocycles. The number of carbonyl (C=O) groups is 2. The second-order valence-electron chi connectivity index (χ2n) is 6.09. The zero-order valence-corrected chi connectivity index (χ0v) is 15.6. The van der Waals surface area contributed by atoms with Crippen molar-refractivity contribution in [3.63, 3.8) is 0 Å². The molecule has 0 saturated carbocycles. The molecule has 0 aromatic heterocycles. The Kier molecular flexibility index (Phi) is 6.16. The third kappa shape index (κ3) is 4.62. The van der Waals surface area contributed by atoms with Gasteiger partial charge in [-0.15, -0.1) is 0 Å². The van der Waals surface area contributed by atoms with Crippen LogP contribution in [0.1, 0.15) is 17.2 Å². The minimum absolute atomic E-state index is 0.0758.